The Kier molecular flexibility index (Phi) is 19.6. The molecule has 24 aromatic carbocycles. The summed E-state index contributed by atoms with van der Waals surface area (Å²) in [5.41, 5.74) is 30.7. The lowest BCUT2D eigenvalue weighted by molar-refractivity contribution is 1.18. The van der Waals surface area contributed by atoms with Gasteiger partial charge < -0.3 is 18.9 Å². The van der Waals surface area contributed by atoms with Gasteiger partial charge in [-0.05, 0) is 281 Å². The molecule has 0 saturated heterocycles. The Morgan fingerprint density at radius 1 is 0.127 bits per heavy atom. The molecule has 26 aromatic rings. The largest absolute Gasteiger partial charge is 0.310 e. The van der Waals surface area contributed by atoms with Crippen molar-refractivity contribution in [1.29, 1.82) is 0 Å². The van der Waals surface area contributed by atoms with Gasteiger partial charge in [-0.1, -0.05) is 394 Å². The molecular weight excluding hydrogens is 1620 g/mol. The van der Waals surface area contributed by atoms with Crippen molar-refractivity contribution in [2.45, 2.75) is 0 Å². The number of nitrogens with zero attached hydrogens (tertiary/aromatic N) is 4. The third kappa shape index (κ3) is 13.8. The molecule has 0 unspecified atom stereocenters. The van der Waals surface area contributed by atoms with Gasteiger partial charge in [0.1, 0.15) is 0 Å². The first-order chi connectivity index (χ1) is 66.5. The summed E-state index contributed by atoms with van der Waals surface area (Å²) in [6, 6.07) is 191. The van der Waals surface area contributed by atoms with Gasteiger partial charge >= 0.3 is 0 Å². The first kappa shape index (κ1) is 78.5. The van der Waals surface area contributed by atoms with E-state index in [0.29, 0.717) is 0 Å². The molecule has 2 aromatic heterocycles. The van der Waals surface area contributed by atoms with E-state index < -0.39 is 0 Å². The number of rotatable bonds is 15. The van der Waals surface area contributed by atoms with Gasteiger partial charge in [0.25, 0.3) is 0 Å². The maximum Gasteiger partial charge on any atom is 0.0542 e. The smallest absolute Gasteiger partial charge is 0.0542 e. The van der Waals surface area contributed by atoms with Crippen LogP contribution >= 0.6 is 0 Å². The van der Waals surface area contributed by atoms with E-state index in [1.807, 2.05) is 0 Å². The Hall–Kier alpha value is -17.7. The van der Waals surface area contributed by atoms with E-state index in [4.69, 9.17) is 0 Å². The Labute approximate surface area is 777 Å². The highest BCUT2D eigenvalue weighted by molar-refractivity contribution is 6.24. The van der Waals surface area contributed by atoms with Crippen LogP contribution in [0.5, 0.6) is 0 Å². The molecule has 0 spiro atoms. The van der Waals surface area contributed by atoms with Gasteiger partial charge in [0.15, 0.2) is 0 Å². The van der Waals surface area contributed by atoms with Gasteiger partial charge in [0.05, 0.1) is 22.1 Å². The molecule has 0 aliphatic rings. The summed E-state index contributed by atoms with van der Waals surface area (Å²) in [5, 5.41) is 22.3. The van der Waals surface area contributed by atoms with Gasteiger partial charge in [0.2, 0.25) is 0 Å². The van der Waals surface area contributed by atoms with Crippen LogP contribution < -0.4 is 9.80 Å². The highest BCUT2D eigenvalue weighted by Gasteiger charge is 2.25. The van der Waals surface area contributed by atoms with Crippen molar-refractivity contribution in [3.05, 3.63) is 522 Å². The summed E-state index contributed by atoms with van der Waals surface area (Å²) in [6.45, 7) is 0. The van der Waals surface area contributed by atoms with Crippen LogP contribution in [0.2, 0.25) is 0 Å². The molecule has 0 saturated carbocycles. The second-order valence-electron chi connectivity index (χ2n) is 34.9. The quantitative estimate of drug-likeness (QED) is 0.0951. The number of hydrogen-bond donors (Lipinski definition) is 0. The van der Waals surface area contributed by atoms with Crippen LogP contribution in [-0.4, -0.2) is 9.13 Å². The monoisotopic (exact) mass is 1700 g/mol. The summed E-state index contributed by atoms with van der Waals surface area (Å²) in [6.07, 6.45) is 0. The van der Waals surface area contributed by atoms with Crippen molar-refractivity contribution in [2.75, 3.05) is 9.80 Å². The number of para-hydroxylation sites is 4. The number of benzene rings is 24. The molecule has 4 heteroatoms. The van der Waals surface area contributed by atoms with E-state index in [1.165, 1.54) is 197 Å². The number of anilines is 6. The topological polar surface area (TPSA) is 16.3 Å². The third-order valence-electron chi connectivity index (χ3n) is 27.3. The van der Waals surface area contributed by atoms with Gasteiger partial charge in [-0.15, -0.1) is 0 Å². The molecule has 0 aliphatic carbocycles. The molecule has 0 amide bonds. The zero-order valence-corrected chi connectivity index (χ0v) is 73.4. The lowest BCUT2D eigenvalue weighted by Crippen LogP contribution is -2.10. The van der Waals surface area contributed by atoms with Crippen molar-refractivity contribution in [3.8, 4) is 89.3 Å². The van der Waals surface area contributed by atoms with E-state index in [0.717, 1.165) is 45.5 Å². The van der Waals surface area contributed by atoms with Crippen molar-refractivity contribution in [3.63, 3.8) is 0 Å². The van der Waals surface area contributed by atoms with E-state index in [2.05, 4.69) is 541 Å². The molecule has 134 heavy (non-hydrogen) atoms. The zero-order valence-electron chi connectivity index (χ0n) is 73.4. The predicted octanol–water partition coefficient (Wildman–Crippen LogP) is 36.2. The number of aromatic nitrogens is 2. The molecule has 2 heterocycles. The maximum absolute atomic E-state index is 2.41. The average molecular weight is 1700 g/mol. The van der Waals surface area contributed by atoms with Crippen LogP contribution in [0.4, 0.5) is 34.1 Å². The van der Waals surface area contributed by atoms with Gasteiger partial charge in [-0.2, -0.15) is 0 Å². The first-order valence-electron chi connectivity index (χ1n) is 46.2. The fourth-order valence-corrected chi connectivity index (χ4v) is 21.2. The molecular formula is C130H86N4. The van der Waals surface area contributed by atoms with Crippen LogP contribution in [0, 0.1) is 0 Å². The fourth-order valence-electron chi connectivity index (χ4n) is 21.2. The predicted molar refractivity (Wildman–Crippen MR) is 572 cm³/mol. The van der Waals surface area contributed by atoms with E-state index in [9.17, 15) is 0 Å². The van der Waals surface area contributed by atoms with E-state index >= 15 is 0 Å². The van der Waals surface area contributed by atoms with Gasteiger partial charge in [-0.3, -0.25) is 0 Å². The number of hydrogen-bond acceptors (Lipinski definition) is 2. The van der Waals surface area contributed by atoms with Crippen molar-refractivity contribution < 1.29 is 0 Å². The minimum absolute atomic E-state index is 1.08. The second-order valence-corrected chi connectivity index (χ2v) is 34.9. The molecule has 0 fully saturated rings. The van der Waals surface area contributed by atoms with Gasteiger partial charge in [-0.25, -0.2) is 0 Å². The Balaban J connectivity index is 0.000000143. The summed E-state index contributed by atoms with van der Waals surface area (Å²) in [4.78, 5) is 4.81. The minimum Gasteiger partial charge on any atom is -0.310 e. The van der Waals surface area contributed by atoms with Crippen molar-refractivity contribution >= 4 is 153 Å². The number of fused-ring (bicyclic) bond motifs is 13. The molecule has 26 rings (SSSR count). The Morgan fingerprint density at radius 3 is 0.761 bits per heavy atom. The van der Waals surface area contributed by atoms with Gasteiger partial charge in [0, 0.05) is 67.0 Å². The average Bonchev–Trinajstić information content (AvgIpc) is 1.09. The van der Waals surface area contributed by atoms with Crippen LogP contribution in [0.15, 0.2) is 522 Å². The molecule has 0 bridgehead atoms. The highest BCUT2D eigenvalue weighted by Crippen LogP contribution is 2.51. The standard InChI is InChI=1S/C66H44N2.C64H42N2/c1-3-16-45(17-4-1)46-30-32-49(33-31-46)65-58-24-9-11-26-60(58)66(61-27-12-10-25-59(61)65)50-36-40-53(41-37-50)67(52-38-34-48(35-39-52)56-28-15-19-47-18-7-8-22-55(47)56)54-42-43-64-62(44-54)57-23-13-14-29-63(57)68(64)51-20-5-2-6-21-51;1-2-19-49(20-3-1)66-61-28-13-12-22-55(61)60-42-52(39-40-62(60)66)65(50-35-31-45(32-36-50)54-27-14-18-44-16-6-7-21-53(44)54)51-37-33-46(34-38-51)63-56-23-8-10-25-58(56)64(59-26-11-9-24-57(59)63)48-30-29-43-15-4-5-17-47(43)41-48/h1-44H;1-42H. The Bertz CT molecular complexity index is 8890. The molecule has 0 radical (unpaired) electrons. The molecule has 4 nitrogen and oxygen atoms in total. The maximum atomic E-state index is 2.41. The molecule has 626 valence electrons. The van der Waals surface area contributed by atoms with Crippen molar-refractivity contribution in [2.24, 2.45) is 0 Å². The summed E-state index contributed by atoms with van der Waals surface area (Å²) >= 11 is 0. The Morgan fingerprint density at radius 2 is 0.381 bits per heavy atom. The zero-order chi connectivity index (χ0) is 88.5. The molecule has 0 aliphatic heterocycles. The van der Waals surface area contributed by atoms with E-state index in [-0.39, 0.29) is 0 Å². The van der Waals surface area contributed by atoms with Crippen LogP contribution in [-0.2, 0) is 0 Å². The van der Waals surface area contributed by atoms with Crippen molar-refractivity contribution in [1.82, 2.24) is 9.13 Å². The minimum atomic E-state index is 1.08. The van der Waals surface area contributed by atoms with Crippen LogP contribution in [0.3, 0.4) is 0 Å². The fraction of sp³-hybridized carbons (Fsp3) is 0. The van der Waals surface area contributed by atoms with Crippen LogP contribution in [0.25, 0.3) is 208 Å². The second kappa shape index (κ2) is 33.4. The van der Waals surface area contributed by atoms with Crippen LogP contribution in [0.1, 0.15) is 0 Å². The summed E-state index contributed by atoms with van der Waals surface area (Å²) in [7, 11) is 0. The molecule has 0 N–H and O–H groups in total. The lowest BCUT2D eigenvalue weighted by atomic mass is 9.85. The van der Waals surface area contributed by atoms with E-state index in [1.54, 1.807) is 0 Å². The lowest BCUT2D eigenvalue weighted by Gasteiger charge is -2.26. The SMILES string of the molecule is c1ccc(-c2ccc(-c3c4ccccc4c(-c4ccc(N(c5ccc(-c6cccc7ccccc67)cc5)c5ccc6c(c5)c5ccccc5n6-c5ccccc5)cc4)c4ccccc34)cc2)cc1.c1ccc(-n2c3ccccc3c3cc(N(c4ccc(-c5cccc6ccccc56)cc4)c4ccc(-c5c6ccccc6c(-c6ccc7ccccc7c6)c6ccccc56)cc4)ccc32)cc1. The summed E-state index contributed by atoms with van der Waals surface area (Å²) in [5.74, 6) is 0. The summed E-state index contributed by atoms with van der Waals surface area (Å²) < 4.78 is 4.76. The molecule has 0 atom stereocenters. The normalized spacial score (nSPS) is 11.6. The first-order valence-corrected chi connectivity index (χ1v) is 46.2. The highest BCUT2D eigenvalue weighted by atomic mass is 15.1. The third-order valence-corrected chi connectivity index (χ3v) is 27.3.